The van der Waals surface area contributed by atoms with Crippen molar-refractivity contribution in [2.24, 2.45) is 10.8 Å². The van der Waals surface area contributed by atoms with E-state index in [4.69, 9.17) is 0 Å². The van der Waals surface area contributed by atoms with Crippen LogP contribution in [0.5, 0.6) is 0 Å². The normalized spacial score (nSPS) is 15.9. The second-order valence-corrected chi connectivity index (χ2v) is 11.5. The first kappa shape index (κ1) is 15.0. The molecular weight excluding hydrogens is 339 g/mol. The first-order valence-corrected chi connectivity index (χ1v) is 9.61. The zero-order valence-electron chi connectivity index (χ0n) is 13.1. The molecule has 0 unspecified atom stereocenters. The van der Waals surface area contributed by atoms with E-state index in [1.165, 1.54) is 24.5 Å². The van der Waals surface area contributed by atoms with E-state index in [0.717, 1.165) is 0 Å². The molecule has 0 bridgehead atoms. The summed E-state index contributed by atoms with van der Waals surface area (Å²) in [6.45, 7) is 16.4. The average Bonchev–Trinajstić information content (AvgIpc) is 2.53. The van der Waals surface area contributed by atoms with Gasteiger partial charge in [0.25, 0.3) is 0 Å². The van der Waals surface area contributed by atoms with Gasteiger partial charge in [-0.05, 0) is 0 Å². The molecule has 0 aliphatic carbocycles. The van der Waals surface area contributed by atoms with Crippen LogP contribution in [0.25, 0.3) is 0 Å². The van der Waals surface area contributed by atoms with Crippen LogP contribution >= 0.6 is 0 Å². The van der Waals surface area contributed by atoms with E-state index in [1.54, 1.807) is 0 Å². The monoisotopic (exact) mass is 366 g/mol. The molecule has 1 aromatic carbocycles. The molecule has 0 amide bonds. The van der Waals surface area contributed by atoms with Gasteiger partial charge in [0.15, 0.2) is 0 Å². The van der Waals surface area contributed by atoms with Gasteiger partial charge in [-0.1, -0.05) is 0 Å². The zero-order chi connectivity index (χ0) is 14.3. The van der Waals surface area contributed by atoms with Crippen LogP contribution in [-0.2, 0) is 0 Å². The number of rotatable bonds is 2. The van der Waals surface area contributed by atoms with Gasteiger partial charge in [-0.15, -0.1) is 0 Å². The molecule has 0 aromatic heterocycles. The summed E-state index contributed by atoms with van der Waals surface area (Å²) in [5, 5.41) is 0. The first-order valence-electron chi connectivity index (χ1n) is 7.06. The average molecular weight is 365 g/mol. The number of fused-ring (bicyclic) bond motifs is 1. The van der Waals surface area contributed by atoms with Gasteiger partial charge in [0.05, 0.1) is 0 Å². The Bertz CT molecular complexity index is 402. The molecule has 1 heterocycles. The summed E-state index contributed by atoms with van der Waals surface area (Å²) in [6, 6.07) is 8.94. The summed E-state index contributed by atoms with van der Waals surface area (Å²) >= 11 is -0.688. The molecule has 0 spiro atoms. The first-order chi connectivity index (χ1) is 8.66. The van der Waals surface area contributed by atoms with E-state index >= 15 is 0 Å². The van der Waals surface area contributed by atoms with Crippen molar-refractivity contribution in [3.63, 3.8) is 0 Å². The quantitative estimate of drug-likeness (QED) is 0.733. The SMILES string of the molecule is CC(C)(C)C[N]1[Sn][N](CC(C)(C)C)c2ccccc21. The number of nitrogens with zero attached hydrogens (tertiary/aromatic N) is 2. The number of para-hydroxylation sites is 2. The molecule has 19 heavy (non-hydrogen) atoms. The summed E-state index contributed by atoms with van der Waals surface area (Å²) in [5.41, 5.74) is 3.67. The fraction of sp³-hybridized carbons (Fsp3) is 0.625. The van der Waals surface area contributed by atoms with E-state index in [0.29, 0.717) is 10.8 Å². The fourth-order valence-electron chi connectivity index (χ4n) is 2.36. The Morgan fingerprint density at radius 2 is 1.16 bits per heavy atom. The van der Waals surface area contributed by atoms with Crippen molar-refractivity contribution in [3.8, 4) is 0 Å². The minimum absolute atomic E-state index is 0.367. The van der Waals surface area contributed by atoms with Gasteiger partial charge < -0.3 is 0 Å². The standard InChI is InChI=1S/C16H26N2.Sn/c1-15(2,3)11-17-13-9-7-8-10-14(13)18-12-16(4,5)6;/h7-10H,11-12H2,1-6H3;/q-2;+2. The minimum atomic E-state index is -0.688. The van der Waals surface area contributed by atoms with Crippen molar-refractivity contribution < 1.29 is 0 Å². The molecule has 3 heteroatoms. The van der Waals surface area contributed by atoms with Gasteiger partial charge >= 0.3 is 129 Å². The molecule has 0 saturated carbocycles. The van der Waals surface area contributed by atoms with Crippen LogP contribution in [0.4, 0.5) is 11.4 Å². The Labute approximate surface area is 129 Å². The Kier molecular flexibility index (Phi) is 4.10. The summed E-state index contributed by atoms with van der Waals surface area (Å²) in [6.07, 6.45) is 0. The van der Waals surface area contributed by atoms with Crippen LogP contribution in [0.2, 0.25) is 0 Å². The molecule has 0 atom stereocenters. The van der Waals surface area contributed by atoms with Crippen LogP contribution in [-0.4, -0.2) is 34.8 Å². The molecule has 2 radical (unpaired) electrons. The van der Waals surface area contributed by atoms with Crippen molar-refractivity contribution in [3.05, 3.63) is 24.3 Å². The predicted octanol–water partition coefficient (Wildman–Crippen LogP) is 3.94. The van der Waals surface area contributed by atoms with E-state index in [9.17, 15) is 0 Å². The van der Waals surface area contributed by atoms with Crippen molar-refractivity contribution >= 4 is 33.1 Å². The van der Waals surface area contributed by atoms with Gasteiger partial charge in [0.1, 0.15) is 0 Å². The maximum atomic E-state index is 2.68. The van der Waals surface area contributed by atoms with Gasteiger partial charge in [0, 0.05) is 0 Å². The van der Waals surface area contributed by atoms with Crippen molar-refractivity contribution in [1.82, 2.24) is 0 Å². The van der Waals surface area contributed by atoms with Crippen molar-refractivity contribution in [2.45, 2.75) is 41.5 Å². The molecule has 1 aliphatic heterocycles. The molecule has 2 rings (SSSR count). The molecular formula is C16H26N2Sn. The van der Waals surface area contributed by atoms with Gasteiger partial charge in [-0.3, -0.25) is 0 Å². The van der Waals surface area contributed by atoms with Gasteiger partial charge in [-0.2, -0.15) is 0 Å². The molecule has 104 valence electrons. The second-order valence-electron chi connectivity index (χ2n) is 7.88. The summed E-state index contributed by atoms with van der Waals surface area (Å²) < 4.78 is 5.37. The van der Waals surface area contributed by atoms with E-state index in [-0.39, 0.29) is 0 Å². The van der Waals surface area contributed by atoms with E-state index < -0.39 is 21.7 Å². The molecule has 0 N–H and O–H groups in total. The zero-order valence-corrected chi connectivity index (χ0v) is 16.0. The van der Waals surface area contributed by atoms with Crippen LogP contribution in [0.1, 0.15) is 41.5 Å². The number of hydrogen-bond donors (Lipinski definition) is 0. The number of benzene rings is 1. The second kappa shape index (κ2) is 5.19. The van der Waals surface area contributed by atoms with Gasteiger partial charge in [0.2, 0.25) is 0 Å². The summed E-state index contributed by atoms with van der Waals surface area (Å²) in [4.78, 5) is 0. The van der Waals surface area contributed by atoms with Crippen LogP contribution < -0.4 is 6.24 Å². The predicted molar refractivity (Wildman–Crippen MR) is 85.8 cm³/mol. The van der Waals surface area contributed by atoms with E-state index in [2.05, 4.69) is 72.1 Å². The third kappa shape index (κ3) is 4.04. The summed E-state index contributed by atoms with van der Waals surface area (Å²) in [5.74, 6) is 0. The molecule has 0 fully saturated rings. The Hall–Kier alpha value is -0.381. The Morgan fingerprint density at radius 3 is 1.47 bits per heavy atom. The topological polar surface area (TPSA) is 6.48 Å². The third-order valence-corrected chi connectivity index (χ3v) is 6.63. The van der Waals surface area contributed by atoms with Crippen molar-refractivity contribution in [1.29, 1.82) is 0 Å². The molecule has 0 saturated heterocycles. The maximum absolute atomic E-state index is 2.68. The molecule has 2 nitrogen and oxygen atoms in total. The molecule has 1 aliphatic rings. The van der Waals surface area contributed by atoms with Crippen LogP contribution in [0.3, 0.4) is 0 Å². The Balaban J connectivity index is 2.23. The van der Waals surface area contributed by atoms with E-state index in [1.807, 2.05) is 0 Å². The van der Waals surface area contributed by atoms with Crippen molar-refractivity contribution in [2.75, 3.05) is 19.3 Å². The number of anilines is 2. The third-order valence-electron chi connectivity index (χ3n) is 2.97. The van der Waals surface area contributed by atoms with Crippen LogP contribution in [0, 0.1) is 10.8 Å². The number of hydrogen-bond acceptors (Lipinski definition) is 2. The Morgan fingerprint density at radius 1 is 0.789 bits per heavy atom. The van der Waals surface area contributed by atoms with Crippen LogP contribution in [0.15, 0.2) is 24.3 Å². The molecule has 1 aromatic rings. The summed E-state index contributed by atoms with van der Waals surface area (Å²) in [7, 11) is 0. The van der Waals surface area contributed by atoms with Gasteiger partial charge in [-0.25, -0.2) is 0 Å². The fourth-order valence-corrected chi connectivity index (χ4v) is 8.00.